The highest BCUT2D eigenvalue weighted by molar-refractivity contribution is 6.08. The molecule has 0 amide bonds. The van der Waals surface area contributed by atoms with E-state index in [4.69, 9.17) is 14.5 Å². The highest BCUT2D eigenvalue weighted by Crippen LogP contribution is 2.45. The lowest BCUT2D eigenvalue weighted by Gasteiger charge is -2.36. The van der Waals surface area contributed by atoms with E-state index in [9.17, 15) is 0 Å². The van der Waals surface area contributed by atoms with Crippen molar-refractivity contribution < 1.29 is 9.47 Å². The van der Waals surface area contributed by atoms with E-state index in [1.807, 2.05) is 41.1 Å². The third-order valence-corrected chi connectivity index (χ3v) is 5.99. The van der Waals surface area contributed by atoms with Gasteiger partial charge in [-0.3, -0.25) is 0 Å². The van der Waals surface area contributed by atoms with E-state index in [2.05, 4.69) is 28.3 Å². The van der Waals surface area contributed by atoms with Gasteiger partial charge in [0.2, 0.25) is 5.95 Å². The number of benzene rings is 2. The fraction of sp³-hybridized carbons (Fsp3) is 0.292. The second-order valence-electron chi connectivity index (χ2n) is 7.60. The van der Waals surface area contributed by atoms with Gasteiger partial charge < -0.3 is 9.47 Å². The van der Waals surface area contributed by atoms with E-state index in [0.29, 0.717) is 5.95 Å². The first-order chi connectivity index (χ1) is 14.8. The molecule has 2 aliphatic rings. The Balaban J connectivity index is 1.64. The Morgan fingerprint density at radius 1 is 1.00 bits per heavy atom. The summed E-state index contributed by atoms with van der Waals surface area (Å²) in [6.45, 7) is 0. The molecular weight excluding hydrogens is 376 g/mol. The number of hydrogen-bond acceptors (Lipinski definition) is 5. The molecule has 1 aliphatic carbocycles. The van der Waals surface area contributed by atoms with Gasteiger partial charge in [0.25, 0.3) is 0 Å². The van der Waals surface area contributed by atoms with Gasteiger partial charge >= 0.3 is 0 Å². The van der Waals surface area contributed by atoms with Crippen molar-refractivity contribution in [1.29, 1.82) is 0 Å². The van der Waals surface area contributed by atoms with Crippen LogP contribution in [0.25, 0.3) is 6.08 Å². The van der Waals surface area contributed by atoms with E-state index in [1.165, 1.54) is 5.57 Å². The van der Waals surface area contributed by atoms with E-state index in [0.717, 1.165) is 47.6 Å². The lowest BCUT2D eigenvalue weighted by Crippen LogP contribution is -2.35. The average Bonchev–Trinajstić information content (AvgIpc) is 3.26. The van der Waals surface area contributed by atoms with Crippen LogP contribution >= 0.6 is 0 Å². The van der Waals surface area contributed by atoms with Gasteiger partial charge in [-0.25, -0.2) is 9.67 Å². The van der Waals surface area contributed by atoms with Crippen LogP contribution in [0.3, 0.4) is 0 Å². The molecule has 6 nitrogen and oxygen atoms in total. The van der Waals surface area contributed by atoms with Gasteiger partial charge in [-0.15, -0.1) is 0 Å². The average molecular weight is 400 g/mol. The number of para-hydroxylation sites is 2. The first-order valence-electron chi connectivity index (χ1n) is 10.2. The lowest BCUT2D eigenvalue weighted by molar-refractivity contribution is 0.357. The predicted molar refractivity (Wildman–Crippen MR) is 117 cm³/mol. The summed E-state index contributed by atoms with van der Waals surface area (Å²) in [5.41, 5.74) is 4.52. The van der Waals surface area contributed by atoms with E-state index >= 15 is 0 Å². The minimum atomic E-state index is 0.00696. The van der Waals surface area contributed by atoms with Crippen LogP contribution < -0.4 is 9.47 Å². The van der Waals surface area contributed by atoms with Gasteiger partial charge in [0.15, 0.2) is 0 Å². The Kier molecular flexibility index (Phi) is 4.83. The van der Waals surface area contributed by atoms with Gasteiger partial charge in [0, 0.05) is 17.0 Å². The number of fused-ring (bicyclic) bond motifs is 2. The summed E-state index contributed by atoms with van der Waals surface area (Å²) in [6.07, 6.45) is 6.93. The van der Waals surface area contributed by atoms with Crippen molar-refractivity contribution in [3.8, 4) is 11.5 Å². The zero-order valence-corrected chi connectivity index (χ0v) is 17.2. The van der Waals surface area contributed by atoms with Gasteiger partial charge in [0.05, 0.1) is 26.0 Å². The van der Waals surface area contributed by atoms with Crippen molar-refractivity contribution in [3.63, 3.8) is 0 Å². The Hall–Kier alpha value is -3.41. The maximum atomic E-state index is 5.69. The molecule has 0 N–H and O–H groups in total. The molecule has 6 heteroatoms. The Bertz CT molecular complexity index is 1130. The zero-order chi connectivity index (χ0) is 20.5. The van der Waals surface area contributed by atoms with Crippen molar-refractivity contribution in [2.45, 2.75) is 25.3 Å². The van der Waals surface area contributed by atoms with Crippen LogP contribution in [0.2, 0.25) is 0 Å². The monoisotopic (exact) mass is 400 g/mol. The molecule has 152 valence electrons. The lowest BCUT2D eigenvalue weighted by atomic mass is 9.75. The number of aromatic nitrogens is 3. The number of allylic oxidation sites excluding steroid dienone is 1. The predicted octanol–water partition coefficient (Wildman–Crippen LogP) is 4.85. The van der Waals surface area contributed by atoms with Gasteiger partial charge in [-0.1, -0.05) is 36.4 Å². The summed E-state index contributed by atoms with van der Waals surface area (Å²) in [5, 5.41) is 4.52. The molecule has 5 rings (SSSR count). The third-order valence-electron chi connectivity index (χ3n) is 5.99. The van der Waals surface area contributed by atoms with Crippen LogP contribution in [0.4, 0.5) is 5.95 Å². The topological polar surface area (TPSA) is 61.5 Å². The van der Waals surface area contributed by atoms with E-state index in [-0.39, 0.29) is 12.0 Å². The maximum absolute atomic E-state index is 5.69. The third kappa shape index (κ3) is 3.09. The van der Waals surface area contributed by atoms with E-state index < -0.39 is 0 Å². The molecular formula is C24H24N4O2. The summed E-state index contributed by atoms with van der Waals surface area (Å²) >= 11 is 0. The fourth-order valence-electron chi connectivity index (χ4n) is 4.65. The van der Waals surface area contributed by atoms with Crippen molar-refractivity contribution in [3.05, 3.63) is 71.6 Å². The van der Waals surface area contributed by atoms with Crippen LogP contribution in [-0.4, -0.2) is 34.7 Å². The zero-order valence-electron chi connectivity index (χ0n) is 17.2. The number of methoxy groups -OCH3 is 2. The Labute approximate surface area is 175 Å². The molecule has 0 radical (unpaired) electrons. The van der Waals surface area contributed by atoms with Crippen LogP contribution in [0.5, 0.6) is 11.5 Å². The highest BCUT2D eigenvalue weighted by atomic mass is 16.5. The van der Waals surface area contributed by atoms with Gasteiger partial charge in [-0.2, -0.15) is 10.1 Å². The first-order valence-corrected chi connectivity index (χ1v) is 10.2. The smallest absolute Gasteiger partial charge is 0.248 e. The molecule has 3 aromatic rings. The van der Waals surface area contributed by atoms with E-state index in [1.54, 1.807) is 20.5 Å². The van der Waals surface area contributed by atoms with Gasteiger partial charge in [0.1, 0.15) is 17.8 Å². The summed E-state index contributed by atoms with van der Waals surface area (Å²) in [7, 11) is 3.42. The van der Waals surface area contributed by atoms with Crippen LogP contribution in [-0.2, 0) is 0 Å². The molecule has 1 aromatic heterocycles. The van der Waals surface area contributed by atoms with Crippen molar-refractivity contribution >= 4 is 17.7 Å². The van der Waals surface area contributed by atoms with Crippen molar-refractivity contribution in [1.82, 2.24) is 14.8 Å². The molecule has 1 fully saturated rings. The molecule has 1 saturated carbocycles. The summed E-state index contributed by atoms with van der Waals surface area (Å²) in [6, 6.07) is 16.3. The summed E-state index contributed by atoms with van der Waals surface area (Å²) in [5.74, 6) is 2.59. The second kappa shape index (κ2) is 7.78. The summed E-state index contributed by atoms with van der Waals surface area (Å²) < 4.78 is 13.2. The summed E-state index contributed by atoms with van der Waals surface area (Å²) in [4.78, 5) is 9.37. The maximum Gasteiger partial charge on any atom is 0.248 e. The number of aliphatic imine (C=N–C) groups is 1. The number of rotatable bonds is 4. The molecule has 30 heavy (non-hydrogen) atoms. The van der Waals surface area contributed by atoms with Gasteiger partial charge in [-0.05, 0) is 43.0 Å². The standard InChI is InChI=1S/C24H24N4O2/c1-29-20-12-5-3-8-16(20)14-17-9-7-11-19-22(17)27-24-25-15-26-28(24)23(19)18-10-4-6-13-21(18)30-2/h3-6,8,10,12-15,19,23H,7,9,11H2,1-2H3. The quantitative estimate of drug-likeness (QED) is 0.628. The number of nitrogens with zero attached hydrogens (tertiary/aromatic N) is 4. The minimum absolute atomic E-state index is 0.00696. The molecule has 0 spiro atoms. The molecule has 0 saturated heterocycles. The SMILES string of the molecule is COc1ccccc1C=C1CCCC2C1=Nc1ncnn1C2c1ccccc1OC. The minimum Gasteiger partial charge on any atom is -0.496 e. The number of hydrogen-bond donors (Lipinski definition) is 0. The van der Waals surface area contributed by atoms with Crippen molar-refractivity contribution in [2.24, 2.45) is 10.9 Å². The molecule has 2 unspecified atom stereocenters. The molecule has 1 aliphatic heterocycles. The first kappa shape index (κ1) is 18.6. The second-order valence-corrected chi connectivity index (χ2v) is 7.60. The van der Waals surface area contributed by atoms with Crippen LogP contribution in [0.15, 0.2) is 65.4 Å². The Morgan fingerprint density at radius 2 is 1.77 bits per heavy atom. The fourth-order valence-corrected chi connectivity index (χ4v) is 4.65. The molecule has 2 heterocycles. The van der Waals surface area contributed by atoms with Crippen molar-refractivity contribution in [2.75, 3.05) is 14.2 Å². The molecule has 2 atom stereocenters. The number of ether oxygens (including phenoxy) is 2. The largest absolute Gasteiger partial charge is 0.496 e. The van der Waals surface area contributed by atoms with Crippen LogP contribution in [0.1, 0.15) is 36.4 Å². The Morgan fingerprint density at radius 3 is 2.60 bits per heavy atom. The molecule has 0 bridgehead atoms. The normalized spacial score (nSPS) is 21.5. The molecule has 2 aromatic carbocycles. The van der Waals surface area contributed by atoms with Crippen LogP contribution in [0, 0.1) is 5.92 Å². The highest BCUT2D eigenvalue weighted by Gasteiger charge is 2.39.